The molecule has 2 N–H and O–H groups in total. The Bertz CT molecular complexity index is 863. The molecule has 25 heavy (non-hydrogen) atoms. The van der Waals surface area contributed by atoms with Crippen molar-refractivity contribution in [2.24, 2.45) is 0 Å². The SMILES string of the molecule is Cc1nc(C(=O)NCC(O)c2ccccc2)nn1-c1ccc(F)cc1. The van der Waals surface area contributed by atoms with E-state index in [2.05, 4.69) is 15.4 Å². The standard InChI is InChI=1S/C18H17FN4O2/c1-12-21-17(22-23(12)15-9-7-14(19)8-10-15)18(25)20-11-16(24)13-5-3-2-4-6-13/h2-10,16,24H,11H2,1H3,(H,20,25). The molecule has 3 rings (SSSR count). The second kappa shape index (κ2) is 7.23. The highest BCUT2D eigenvalue weighted by atomic mass is 19.1. The fraction of sp³-hybridized carbons (Fsp3) is 0.167. The summed E-state index contributed by atoms with van der Waals surface area (Å²) in [6.07, 6.45) is -0.814. The van der Waals surface area contributed by atoms with Gasteiger partial charge in [0, 0.05) is 6.54 Å². The van der Waals surface area contributed by atoms with Gasteiger partial charge < -0.3 is 10.4 Å². The van der Waals surface area contributed by atoms with Gasteiger partial charge in [0.1, 0.15) is 11.6 Å². The summed E-state index contributed by atoms with van der Waals surface area (Å²) in [6.45, 7) is 1.75. The van der Waals surface area contributed by atoms with Gasteiger partial charge in [-0.05, 0) is 36.8 Å². The number of amides is 1. The molecule has 0 aliphatic heterocycles. The monoisotopic (exact) mass is 340 g/mol. The number of carbonyl (C=O) groups is 1. The predicted octanol–water partition coefficient (Wildman–Crippen LogP) is 2.18. The maximum Gasteiger partial charge on any atom is 0.291 e. The van der Waals surface area contributed by atoms with E-state index in [1.54, 1.807) is 31.2 Å². The third kappa shape index (κ3) is 3.89. The molecule has 6 nitrogen and oxygen atoms in total. The number of aryl methyl sites for hydroxylation is 1. The van der Waals surface area contributed by atoms with Gasteiger partial charge in [0.2, 0.25) is 5.82 Å². The van der Waals surface area contributed by atoms with Crippen LogP contribution in [0.3, 0.4) is 0 Å². The van der Waals surface area contributed by atoms with Crippen molar-refractivity contribution < 1.29 is 14.3 Å². The Balaban J connectivity index is 1.69. The van der Waals surface area contributed by atoms with E-state index in [0.717, 1.165) is 0 Å². The van der Waals surface area contributed by atoms with Crippen molar-refractivity contribution in [1.29, 1.82) is 0 Å². The number of hydrogen-bond donors (Lipinski definition) is 2. The summed E-state index contributed by atoms with van der Waals surface area (Å²) < 4.78 is 14.5. The van der Waals surface area contributed by atoms with Crippen LogP contribution in [0.25, 0.3) is 5.69 Å². The Morgan fingerprint density at radius 3 is 2.56 bits per heavy atom. The van der Waals surface area contributed by atoms with Gasteiger partial charge in [-0.25, -0.2) is 14.1 Å². The number of aliphatic hydroxyl groups is 1. The van der Waals surface area contributed by atoms with Crippen LogP contribution in [0.15, 0.2) is 54.6 Å². The van der Waals surface area contributed by atoms with E-state index in [1.165, 1.54) is 16.8 Å². The van der Waals surface area contributed by atoms with Gasteiger partial charge in [-0.2, -0.15) is 0 Å². The third-order valence-electron chi connectivity index (χ3n) is 3.68. The summed E-state index contributed by atoms with van der Waals surface area (Å²) >= 11 is 0. The Labute approximate surface area is 144 Å². The average molecular weight is 340 g/mol. The van der Waals surface area contributed by atoms with Crippen LogP contribution in [0.4, 0.5) is 4.39 Å². The van der Waals surface area contributed by atoms with Crippen LogP contribution in [0.2, 0.25) is 0 Å². The zero-order valence-electron chi connectivity index (χ0n) is 13.6. The summed E-state index contributed by atoms with van der Waals surface area (Å²) in [4.78, 5) is 16.3. The number of benzene rings is 2. The summed E-state index contributed by atoms with van der Waals surface area (Å²) in [5, 5.41) is 16.8. The first-order chi connectivity index (χ1) is 12.0. The molecule has 0 saturated carbocycles. The average Bonchev–Trinajstić information content (AvgIpc) is 3.02. The fourth-order valence-corrected chi connectivity index (χ4v) is 2.37. The third-order valence-corrected chi connectivity index (χ3v) is 3.68. The number of nitrogens with one attached hydrogen (secondary N) is 1. The molecule has 1 atom stereocenters. The van der Waals surface area contributed by atoms with Crippen LogP contribution in [-0.2, 0) is 0 Å². The second-order valence-corrected chi connectivity index (χ2v) is 5.51. The lowest BCUT2D eigenvalue weighted by molar-refractivity contribution is 0.0906. The smallest absolute Gasteiger partial charge is 0.291 e. The first-order valence-electron chi connectivity index (χ1n) is 7.75. The van der Waals surface area contributed by atoms with Crippen LogP contribution >= 0.6 is 0 Å². The molecule has 0 aliphatic rings. The van der Waals surface area contributed by atoms with Gasteiger partial charge in [0.05, 0.1) is 11.8 Å². The topological polar surface area (TPSA) is 80.0 Å². The van der Waals surface area contributed by atoms with E-state index in [4.69, 9.17) is 0 Å². The van der Waals surface area contributed by atoms with Crippen LogP contribution in [0.1, 0.15) is 28.1 Å². The molecule has 1 heterocycles. The number of aromatic nitrogens is 3. The van der Waals surface area contributed by atoms with Crippen molar-refractivity contribution in [3.8, 4) is 5.69 Å². The van der Waals surface area contributed by atoms with Gasteiger partial charge in [0.25, 0.3) is 5.91 Å². The molecule has 3 aromatic rings. The maximum absolute atomic E-state index is 13.0. The van der Waals surface area contributed by atoms with Gasteiger partial charge in [-0.3, -0.25) is 4.79 Å². The van der Waals surface area contributed by atoms with E-state index >= 15 is 0 Å². The predicted molar refractivity (Wildman–Crippen MR) is 89.8 cm³/mol. The minimum Gasteiger partial charge on any atom is -0.387 e. The van der Waals surface area contributed by atoms with Crippen molar-refractivity contribution in [2.45, 2.75) is 13.0 Å². The zero-order valence-corrected chi connectivity index (χ0v) is 13.6. The normalized spacial score (nSPS) is 12.0. The highest BCUT2D eigenvalue weighted by Gasteiger charge is 2.16. The molecule has 1 amide bonds. The zero-order chi connectivity index (χ0) is 17.8. The quantitative estimate of drug-likeness (QED) is 0.746. The summed E-state index contributed by atoms with van der Waals surface area (Å²) in [5.74, 6) is -0.351. The summed E-state index contributed by atoms with van der Waals surface area (Å²) in [6, 6.07) is 14.8. The largest absolute Gasteiger partial charge is 0.387 e. The lowest BCUT2D eigenvalue weighted by atomic mass is 10.1. The Hall–Kier alpha value is -3.06. The van der Waals surface area contributed by atoms with Gasteiger partial charge >= 0.3 is 0 Å². The minimum atomic E-state index is -0.814. The van der Waals surface area contributed by atoms with Gasteiger partial charge in [0.15, 0.2) is 0 Å². The number of halogens is 1. The van der Waals surface area contributed by atoms with Crippen LogP contribution in [-0.4, -0.2) is 32.3 Å². The Morgan fingerprint density at radius 1 is 1.20 bits per heavy atom. The van der Waals surface area contributed by atoms with E-state index < -0.39 is 12.0 Å². The fourth-order valence-electron chi connectivity index (χ4n) is 2.37. The summed E-state index contributed by atoms with van der Waals surface area (Å²) in [7, 11) is 0. The highest BCUT2D eigenvalue weighted by Crippen LogP contribution is 2.12. The number of aliphatic hydroxyl groups excluding tert-OH is 1. The molecule has 0 fully saturated rings. The molecule has 1 unspecified atom stereocenters. The Morgan fingerprint density at radius 2 is 1.88 bits per heavy atom. The lowest BCUT2D eigenvalue weighted by Crippen LogP contribution is -2.29. The molecule has 0 spiro atoms. The number of carbonyl (C=O) groups excluding carboxylic acids is 1. The first-order valence-corrected chi connectivity index (χ1v) is 7.75. The molecule has 128 valence electrons. The molecule has 2 aromatic carbocycles. The van der Waals surface area contributed by atoms with Crippen molar-refractivity contribution in [2.75, 3.05) is 6.54 Å². The number of hydrogen-bond acceptors (Lipinski definition) is 4. The van der Waals surface area contributed by atoms with Gasteiger partial charge in [-0.1, -0.05) is 30.3 Å². The minimum absolute atomic E-state index is 0.0120. The molecule has 0 aliphatic carbocycles. The number of rotatable bonds is 5. The maximum atomic E-state index is 13.0. The molecule has 0 saturated heterocycles. The molecule has 0 radical (unpaired) electrons. The van der Waals surface area contributed by atoms with E-state index in [1.807, 2.05) is 18.2 Å². The van der Waals surface area contributed by atoms with Crippen molar-refractivity contribution in [1.82, 2.24) is 20.1 Å². The molecule has 1 aromatic heterocycles. The van der Waals surface area contributed by atoms with Crippen LogP contribution in [0, 0.1) is 12.7 Å². The van der Waals surface area contributed by atoms with Crippen molar-refractivity contribution in [3.05, 3.63) is 77.6 Å². The highest BCUT2D eigenvalue weighted by molar-refractivity contribution is 5.90. The molecular formula is C18H17FN4O2. The van der Waals surface area contributed by atoms with E-state index in [-0.39, 0.29) is 18.2 Å². The van der Waals surface area contributed by atoms with E-state index in [0.29, 0.717) is 17.1 Å². The lowest BCUT2D eigenvalue weighted by Gasteiger charge is -2.11. The van der Waals surface area contributed by atoms with Crippen LogP contribution in [0.5, 0.6) is 0 Å². The molecule has 7 heteroatoms. The number of nitrogens with zero attached hydrogens (tertiary/aromatic N) is 3. The Kier molecular flexibility index (Phi) is 4.85. The van der Waals surface area contributed by atoms with Crippen molar-refractivity contribution >= 4 is 5.91 Å². The summed E-state index contributed by atoms with van der Waals surface area (Å²) in [5.41, 5.74) is 1.32. The van der Waals surface area contributed by atoms with Gasteiger partial charge in [-0.15, -0.1) is 5.10 Å². The van der Waals surface area contributed by atoms with Crippen molar-refractivity contribution in [3.63, 3.8) is 0 Å². The van der Waals surface area contributed by atoms with Crippen LogP contribution < -0.4 is 5.32 Å². The molecule has 0 bridgehead atoms. The first kappa shape index (κ1) is 16.8. The van der Waals surface area contributed by atoms with E-state index in [9.17, 15) is 14.3 Å². The molecular weight excluding hydrogens is 323 g/mol. The second-order valence-electron chi connectivity index (χ2n) is 5.51.